The maximum absolute atomic E-state index is 13.0. The number of carbonyl (C=O) groups is 1. The number of thiophene rings is 1. The van der Waals surface area contributed by atoms with Crippen molar-refractivity contribution in [1.82, 2.24) is 14.3 Å². The van der Waals surface area contributed by atoms with E-state index in [9.17, 15) is 9.90 Å². The highest BCUT2D eigenvalue weighted by Gasteiger charge is 2.23. The monoisotopic (exact) mass is 478 g/mol. The quantitative estimate of drug-likeness (QED) is 0.311. The fourth-order valence-corrected chi connectivity index (χ4v) is 6.09. The van der Waals surface area contributed by atoms with E-state index in [1.54, 1.807) is 20.0 Å². The molecule has 4 aromatic rings. The molecule has 8 heteroatoms. The Bertz CT molecular complexity index is 1350. The largest absolute Gasteiger partial charge is 0.386 e. The van der Waals surface area contributed by atoms with Crippen LogP contribution in [0, 0.1) is 6.92 Å². The fraction of sp³-hybridized carbons (Fsp3) is 0.280. The number of hydrogen-bond acceptors (Lipinski definition) is 5. The van der Waals surface area contributed by atoms with Gasteiger partial charge in [0.15, 0.2) is 0 Å². The smallest absolute Gasteiger partial charge is 0.329 e. The van der Waals surface area contributed by atoms with E-state index in [0.717, 1.165) is 56.9 Å². The van der Waals surface area contributed by atoms with E-state index in [4.69, 9.17) is 0 Å². The number of aliphatic hydroxyl groups is 1. The molecule has 33 heavy (non-hydrogen) atoms. The van der Waals surface area contributed by atoms with Gasteiger partial charge in [0.05, 0.1) is 21.0 Å². The van der Waals surface area contributed by atoms with Crippen molar-refractivity contribution < 1.29 is 9.90 Å². The molecule has 5 rings (SSSR count). The molecular formula is C25H26N4O2S2. The lowest BCUT2D eigenvalue weighted by Gasteiger charge is -2.19. The summed E-state index contributed by atoms with van der Waals surface area (Å²) in [6.07, 6.45) is 6.83. The number of aromatic nitrogens is 2. The minimum absolute atomic E-state index is 0.260. The van der Waals surface area contributed by atoms with Crippen molar-refractivity contribution in [2.24, 2.45) is 0 Å². The van der Waals surface area contributed by atoms with Crippen LogP contribution in [0.15, 0.2) is 52.3 Å². The lowest BCUT2D eigenvalue weighted by atomic mass is 9.93. The number of hydrogen-bond donors (Lipinski definition) is 3. The van der Waals surface area contributed by atoms with Crippen molar-refractivity contribution in [1.29, 1.82) is 0 Å². The minimum atomic E-state index is -0.898. The molecule has 0 radical (unpaired) electrons. The third-order valence-corrected chi connectivity index (χ3v) is 7.92. The first kappa shape index (κ1) is 22.0. The Morgan fingerprint density at radius 2 is 2.09 bits per heavy atom. The first-order valence-corrected chi connectivity index (χ1v) is 12.6. The van der Waals surface area contributed by atoms with Crippen LogP contribution in [-0.2, 0) is 18.4 Å². The second-order valence-corrected chi connectivity index (χ2v) is 10.9. The van der Waals surface area contributed by atoms with Crippen molar-refractivity contribution in [2.75, 3.05) is 5.32 Å². The fourth-order valence-electron chi connectivity index (χ4n) is 4.41. The van der Waals surface area contributed by atoms with Crippen molar-refractivity contribution in [3.8, 4) is 11.1 Å². The zero-order chi connectivity index (χ0) is 23.2. The lowest BCUT2D eigenvalue weighted by molar-refractivity contribution is 0.0789. The molecule has 0 saturated heterocycles. The third kappa shape index (κ3) is 4.38. The Morgan fingerprint density at radius 1 is 1.24 bits per heavy atom. The molecule has 6 nitrogen and oxygen atoms in total. The second kappa shape index (κ2) is 8.52. The molecule has 0 spiro atoms. The summed E-state index contributed by atoms with van der Waals surface area (Å²) in [6.45, 7) is 5.62. The van der Waals surface area contributed by atoms with Gasteiger partial charge in [-0.25, -0.2) is 9.31 Å². The molecule has 0 unspecified atom stereocenters. The number of rotatable bonds is 5. The first-order chi connectivity index (χ1) is 15.8. The van der Waals surface area contributed by atoms with Crippen LogP contribution in [0.1, 0.15) is 42.5 Å². The van der Waals surface area contributed by atoms with Gasteiger partial charge in [-0.3, -0.25) is 4.72 Å². The van der Waals surface area contributed by atoms with Gasteiger partial charge in [0.1, 0.15) is 0 Å². The molecule has 1 aliphatic carbocycles. The van der Waals surface area contributed by atoms with Gasteiger partial charge in [-0.05, 0) is 109 Å². The molecule has 0 bridgehead atoms. The Labute approximate surface area is 201 Å². The molecule has 2 amide bonds. The summed E-state index contributed by atoms with van der Waals surface area (Å²) in [7, 11) is 0. The van der Waals surface area contributed by atoms with E-state index in [2.05, 4.69) is 34.2 Å². The Morgan fingerprint density at radius 3 is 2.88 bits per heavy atom. The van der Waals surface area contributed by atoms with Gasteiger partial charge in [-0.15, -0.1) is 11.3 Å². The predicted molar refractivity (Wildman–Crippen MR) is 135 cm³/mol. The zero-order valence-corrected chi connectivity index (χ0v) is 20.4. The van der Waals surface area contributed by atoms with Crippen LogP contribution in [0.2, 0.25) is 0 Å². The molecule has 1 aliphatic rings. The van der Waals surface area contributed by atoms with E-state index < -0.39 is 5.60 Å². The number of fused-ring (bicyclic) bond motifs is 2. The number of aryl methyl sites for hydroxylation is 2. The number of anilines is 1. The van der Waals surface area contributed by atoms with Crippen LogP contribution in [0.3, 0.4) is 0 Å². The van der Waals surface area contributed by atoms with Gasteiger partial charge >= 0.3 is 6.03 Å². The molecule has 0 saturated carbocycles. The molecule has 0 atom stereocenters. The van der Waals surface area contributed by atoms with Gasteiger partial charge in [-0.1, -0.05) is 6.07 Å². The van der Waals surface area contributed by atoms with Crippen LogP contribution in [0.5, 0.6) is 0 Å². The van der Waals surface area contributed by atoms with E-state index in [-0.39, 0.29) is 6.03 Å². The number of pyridine rings is 1. The van der Waals surface area contributed by atoms with Gasteiger partial charge in [0.2, 0.25) is 0 Å². The molecule has 1 aromatic carbocycles. The molecule has 0 fully saturated rings. The maximum Gasteiger partial charge on any atom is 0.329 e. The van der Waals surface area contributed by atoms with Crippen molar-refractivity contribution >= 4 is 40.5 Å². The highest BCUT2D eigenvalue weighted by molar-refractivity contribution is 7.99. The molecule has 3 heterocycles. The Kier molecular flexibility index (Phi) is 5.68. The highest BCUT2D eigenvalue weighted by atomic mass is 32.2. The molecular weight excluding hydrogens is 452 g/mol. The summed E-state index contributed by atoms with van der Waals surface area (Å²) in [5, 5.41) is 19.5. The standard InChI is InChI=1S/C25H26N4O2S2/c1-15-11-16-5-4-6-20(16)23(22(15)17-8-10-29-19(12-17)7-9-26-29)27-24(30)28-33-21-13-18(14-32-21)25(2,3)31/h7-14,31H,4-6H2,1-3H3,(H2,27,28,30). The van der Waals surface area contributed by atoms with Crippen LogP contribution in [0.4, 0.5) is 10.5 Å². The van der Waals surface area contributed by atoms with E-state index in [1.807, 2.05) is 34.3 Å². The second-order valence-electron chi connectivity index (χ2n) is 8.92. The maximum atomic E-state index is 13.0. The minimum Gasteiger partial charge on any atom is -0.386 e. The van der Waals surface area contributed by atoms with Gasteiger partial charge in [0.25, 0.3) is 0 Å². The van der Waals surface area contributed by atoms with Crippen LogP contribution in [-0.4, -0.2) is 20.8 Å². The predicted octanol–water partition coefficient (Wildman–Crippen LogP) is 5.92. The number of benzene rings is 1. The summed E-state index contributed by atoms with van der Waals surface area (Å²) in [4.78, 5) is 13.0. The van der Waals surface area contributed by atoms with Crippen molar-refractivity contribution in [2.45, 2.75) is 49.8 Å². The average molecular weight is 479 g/mol. The van der Waals surface area contributed by atoms with E-state index >= 15 is 0 Å². The average Bonchev–Trinajstić information content (AvgIpc) is 3.51. The Hall–Kier alpha value is -2.81. The first-order valence-electron chi connectivity index (χ1n) is 10.9. The summed E-state index contributed by atoms with van der Waals surface area (Å²) >= 11 is 2.76. The van der Waals surface area contributed by atoms with Crippen LogP contribution >= 0.6 is 23.3 Å². The van der Waals surface area contributed by atoms with Crippen LogP contribution in [0.25, 0.3) is 16.6 Å². The molecule has 3 N–H and O–H groups in total. The number of carbonyl (C=O) groups excluding carboxylic acids is 1. The number of amides is 2. The van der Waals surface area contributed by atoms with Crippen molar-refractivity contribution in [3.63, 3.8) is 0 Å². The topological polar surface area (TPSA) is 78.7 Å². The summed E-state index contributed by atoms with van der Waals surface area (Å²) < 4.78 is 5.67. The van der Waals surface area contributed by atoms with Crippen LogP contribution < -0.4 is 10.0 Å². The van der Waals surface area contributed by atoms with Gasteiger partial charge < -0.3 is 10.4 Å². The summed E-state index contributed by atoms with van der Waals surface area (Å²) in [5.41, 5.74) is 7.66. The highest BCUT2D eigenvalue weighted by Crippen LogP contribution is 2.40. The SMILES string of the molecule is Cc1cc2c(c(NC(=O)NSc3cc(C(C)(C)O)cs3)c1-c1ccn3nccc3c1)CCC2. The van der Waals surface area contributed by atoms with Gasteiger partial charge in [-0.2, -0.15) is 5.10 Å². The summed E-state index contributed by atoms with van der Waals surface area (Å²) in [6, 6.07) is 10.0. The molecule has 0 aliphatic heterocycles. The molecule has 170 valence electrons. The van der Waals surface area contributed by atoms with Crippen molar-refractivity contribution in [3.05, 3.63) is 70.4 Å². The van der Waals surface area contributed by atoms with Gasteiger partial charge in [0, 0.05) is 18.0 Å². The van der Waals surface area contributed by atoms with E-state index in [0.29, 0.717) is 0 Å². The normalized spacial score (nSPS) is 13.3. The number of nitrogens with one attached hydrogen (secondary N) is 2. The number of nitrogens with zero attached hydrogens (tertiary/aromatic N) is 2. The Balaban J connectivity index is 1.43. The lowest BCUT2D eigenvalue weighted by Crippen LogP contribution is -2.24. The number of urea groups is 1. The third-order valence-electron chi connectivity index (χ3n) is 6.05. The van der Waals surface area contributed by atoms with E-state index in [1.165, 1.54) is 34.4 Å². The summed E-state index contributed by atoms with van der Waals surface area (Å²) in [5.74, 6) is 0. The molecule has 3 aromatic heterocycles. The zero-order valence-electron chi connectivity index (χ0n) is 18.8.